The van der Waals surface area contributed by atoms with Crippen LogP contribution in [0.4, 0.5) is 4.79 Å². The van der Waals surface area contributed by atoms with E-state index in [0.717, 1.165) is 23.3 Å². The van der Waals surface area contributed by atoms with Gasteiger partial charge in [0.1, 0.15) is 5.82 Å². The number of amides is 3. The predicted molar refractivity (Wildman–Crippen MR) is 103 cm³/mol. The van der Waals surface area contributed by atoms with Crippen molar-refractivity contribution in [3.8, 4) is 0 Å². The Bertz CT molecular complexity index is 795. The molecule has 0 atom stereocenters. The number of nitrogens with one attached hydrogen (secondary N) is 1. The summed E-state index contributed by atoms with van der Waals surface area (Å²) >= 11 is 0. The molecule has 0 unspecified atom stereocenters. The lowest BCUT2D eigenvalue weighted by Gasteiger charge is -2.18. The third kappa shape index (κ3) is 4.53. The Morgan fingerprint density at radius 1 is 1.23 bits per heavy atom. The van der Waals surface area contributed by atoms with Crippen molar-refractivity contribution in [1.82, 2.24) is 24.7 Å². The van der Waals surface area contributed by atoms with Crippen molar-refractivity contribution in [2.45, 2.75) is 26.8 Å². The number of fused-ring (bicyclic) bond motifs is 1. The Morgan fingerprint density at radius 2 is 1.92 bits per heavy atom. The zero-order chi connectivity index (χ0) is 19.4. The van der Waals surface area contributed by atoms with E-state index in [0.29, 0.717) is 24.6 Å². The molecule has 0 aliphatic heterocycles. The van der Waals surface area contributed by atoms with Crippen LogP contribution in [0, 0.1) is 5.92 Å². The molecule has 142 valence electrons. The summed E-state index contributed by atoms with van der Waals surface area (Å²) in [5, 5.41) is 2.92. The van der Waals surface area contributed by atoms with Crippen LogP contribution >= 0.6 is 0 Å². The van der Waals surface area contributed by atoms with E-state index in [4.69, 9.17) is 0 Å². The van der Waals surface area contributed by atoms with E-state index in [1.54, 1.807) is 43.1 Å². The Morgan fingerprint density at radius 3 is 2.54 bits per heavy atom. The lowest BCUT2D eigenvalue weighted by Crippen LogP contribution is -2.38. The molecule has 0 saturated carbocycles. The first-order chi connectivity index (χ1) is 12.2. The number of rotatable bonds is 6. The lowest BCUT2D eigenvalue weighted by molar-refractivity contribution is 0.0827. The van der Waals surface area contributed by atoms with Gasteiger partial charge in [-0.1, -0.05) is 13.8 Å². The van der Waals surface area contributed by atoms with Crippen LogP contribution < -0.4 is 5.32 Å². The minimum atomic E-state index is -0.110. The number of aryl methyl sites for hydroxylation is 1. The van der Waals surface area contributed by atoms with E-state index >= 15 is 0 Å². The summed E-state index contributed by atoms with van der Waals surface area (Å²) in [7, 11) is 7.13. The highest BCUT2D eigenvalue weighted by molar-refractivity contribution is 5.97. The summed E-state index contributed by atoms with van der Waals surface area (Å²) in [5.41, 5.74) is 2.29. The third-order valence-electron chi connectivity index (χ3n) is 4.35. The van der Waals surface area contributed by atoms with Crippen molar-refractivity contribution in [2.75, 3.05) is 27.7 Å². The molecule has 3 amide bonds. The number of carbonyl (C=O) groups is 2. The first-order valence-corrected chi connectivity index (χ1v) is 8.86. The minimum absolute atomic E-state index is 0.0549. The van der Waals surface area contributed by atoms with Crippen LogP contribution in [0.2, 0.25) is 0 Å². The molecule has 7 heteroatoms. The van der Waals surface area contributed by atoms with Gasteiger partial charge in [-0.25, -0.2) is 9.78 Å². The number of aromatic nitrogens is 2. The fraction of sp³-hybridized carbons (Fsp3) is 0.526. The number of imidazole rings is 1. The molecule has 0 bridgehead atoms. The number of nitrogens with zero attached hydrogens (tertiary/aromatic N) is 4. The molecule has 0 aliphatic rings. The molecule has 1 aromatic carbocycles. The van der Waals surface area contributed by atoms with Crippen LogP contribution in [-0.4, -0.2) is 59.0 Å². The maximum absolute atomic E-state index is 12.2. The number of hydrogen-bond acceptors (Lipinski definition) is 3. The molecule has 1 N–H and O–H groups in total. The quantitative estimate of drug-likeness (QED) is 0.861. The van der Waals surface area contributed by atoms with Gasteiger partial charge in [-0.3, -0.25) is 4.79 Å². The molecule has 1 aromatic heterocycles. The van der Waals surface area contributed by atoms with E-state index < -0.39 is 0 Å². The highest BCUT2D eigenvalue weighted by Crippen LogP contribution is 2.18. The highest BCUT2D eigenvalue weighted by atomic mass is 16.2. The van der Waals surface area contributed by atoms with Crippen molar-refractivity contribution < 1.29 is 9.59 Å². The lowest BCUT2D eigenvalue weighted by atomic mass is 10.1. The molecular formula is C19H29N5O2. The molecule has 2 rings (SSSR count). The molecule has 0 fully saturated rings. The second kappa shape index (κ2) is 8.21. The summed E-state index contributed by atoms with van der Waals surface area (Å²) in [6, 6.07) is 5.38. The zero-order valence-electron chi connectivity index (χ0n) is 16.5. The van der Waals surface area contributed by atoms with Gasteiger partial charge in [0, 0.05) is 40.3 Å². The van der Waals surface area contributed by atoms with E-state index in [2.05, 4.69) is 24.1 Å². The number of urea groups is 1. The molecule has 7 nitrogen and oxygen atoms in total. The molecule has 0 spiro atoms. The van der Waals surface area contributed by atoms with Crippen molar-refractivity contribution >= 4 is 23.0 Å². The normalized spacial score (nSPS) is 11.0. The SMILES string of the molecule is CC(C)CCNC(=O)N(C)Cc1nc2cc(C(=O)N(C)C)ccc2n1C. The standard InChI is InChI=1S/C19H29N5O2/c1-13(2)9-10-20-19(26)23(5)12-17-21-15-11-14(18(25)22(3)4)7-8-16(15)24(17)6/h7-8,11,13H,9-10,12H2,1-6H3,(H,20,26). The van der Waals surface area contributed by atoms with Gasteiger partial charge in [0.25, 0.3) is 5.91 Å². The van der Waals surface area contributed by atoms with Crippen LogP contribution in [-0.2, 0) is 13.6 Å². The van der Waals surface area contributed by atoms with Crippen LogP contribution in [0.15, 0.2) is 18.2 Å². The van der Waals surface area contributed by atoms with Gasteiger partial charge >= 0.3 is 6.03 Å². The van der Waals surface area contributed by atoms with Gasteiger partial charge in [0.15, 0.2) is 0 Å². The Kier molecular flexibility index (Phi) is 6.23. The fourth-order valence-electron chi connectivity index (χ4n) is 2.67. The van der Waals surface area contributed by atoms with Crippen LogP contribution in [0.5, 0.6) is 0 Å². The van der Waals surface area contributed by atoms with Crippen LogP contribution in [0.1, 0.15) is 36.5 Å². The first-order valence-electron chi connectivity index (χ1n) is 8.86. The largest absolute Gasteiger partial charge is 0.345 e. The van der Waals surface area contributed by atoms with E-state index in [9.17, 15) is 9.59 Å². The number of hydrogen-bond donors (Lipinski definition) is 1. The van der Waals surface area contributed by atoms with Gasteiger partial charge in [0.05, 0.1) is 17.6 Å². The molecule has 1 heterocycles. The minimum Gasteiger partial charge on any atom is -0.345 e. The first kappa shape index (κ1) is 19.8. The molecular weight excluding hydrogens is 330 g/mol. The van der Waals surface area contributed by atoms with Crippen molar-refractivity contribution in [2.24, 2.45) is 13.0 Å². The Labute approximate surface area is 155 Å². The molecule has 2 aromatic rings. The second-order valence-corrected chi connectivity index (χ2v) is 7.26. The maximum Gasteiger partial charge on any atom is 0.317 e. The van der Waals surface area contributed by atoms with Crippen molar-refractivity contribution in [3.63, 3.8) is 0 Å². The van der Waals surface area contributed by atoms with Gasteiger partial charge in [-0.05, 0) is 30.5 Å². The van der Waals surface area contributed by atoms with Crippen molar-refractivity contribution in [1.29, 1.82) is 0 Å². The molecule has 0 saturated heterocycles. The van der Waals surface area contributed by atoms with Crippen LogP contribution in [0.25, 0.3) is 11.0 Å². The van der Waals surface area contributed by atoms with Crippen LogP contribution in [0.3, 0.4) is 0 Å². The average molecular weight is 359 g/mol. The Balaban J connectivity index is 2.13. The summed E-state index contributed by atoms with van der Waals surface area (Å²) in [5.74, 6) is 1.27. The Hall–Kier alpha value is -2.57. The van der Waals surface area contributed by atoms with Gasteiger partial charge < -0.3 is 19.7 Å². The maximum atomic E-state index is 12.2. The summed E-state index contributed by atoms with van der Waals surface area (Å²) in [6.45, 7) is 5.32. The highest BCUT2D eigenvalue weighted by Gasteiger charge is 2.16. The molecule has 26 heavy (non-hydrogen) atoms. The summed E-state index contributed by atoms with van der Waals surface area (Å²) < 4.78 is 1.96. The average Bonchev–Trinajstić information content (AvgIpc) is 2.88. The molecule has 0 radical (unpaired) electrons. The monoisotopic (exact) mass is 359 g/mol. The third-order valence-corrected chi connectivity index (χ3v) is 4.35. The van der Waals surface area contributed by atoms with E-state index in [1.165, 1.54) is 0 Å². The van der Waals surface area contributed by atoms with Gasteiger partial charge in [0.2, 0.25) is 0 Å². The van der Waals surface area contributed by atoms with E-state index in [1.807, 2.05) is 17.7 Å². The summed E-state index contributed by atoms with van der Waals surface area (Å²) in [4.78, 5) is 32.1. The zero-order valence-corrected chi connectivity index (χ0v) is 16.5. The second-order valence-electron chi connectivity index (χ2n) is 7.26. The number of benzene rings is 1. The number of carbonyl (C=O) groups excluding carboxylic acids is 2. The topological polar surface area (TPSA) is 70.5 Å². The predicted octanol–water partition coefficient (Wildman–Crippen LogP) is 2.46. The van der Waals surface area contributed by atoms with E-state index in [-0.39, 0.29) is 11.9 Å². The smallest absolute Gasteiger partial charge is 0.317 e. The fourth-order valence-corrected chi connectivity index (χ4v) is 2.67. The molecule has 0 aliphatic carbocycles. The summed E-state index contributed by atoms with van der Waals surface area (Å²) in [6.07, 6.45) is 0.953. The van der Waals surface area contributed by atoms with Crippen molar-refractivity contribution in [3.05, 3.63) is 29.6 Å². The van der Waals surface area contributed by atoms with Gasteiger partial charge in [-0.2, -0.15) is 0 Å². The van der Waals surface area contributed by atoms with Gasteiger partial charge in [-0.15, -0.1) is 0 Å².